The molecule has 2 aromatic heterocycles. The fourth-order valence-electron chi connectivity index (χ4n) is 4.16. The maximum Gasteiger partial charge on any atom is 0.224 e. The monoisotopic (exact) mass is 382 g/mol. The smallest absolute Gasteiger partial charge is 0.224 e. The van der Waals surface area contributed by atoms with E-state index in [1.54, 1.807) is 18.6 Å². The first-order valence-corrected chi connectivity index (χ1v) is 10.1. The third-order valence-corrected chi connectivity index (χ3v) is 5.43. The van der Waals surface area contributed by atoms with E-state index in [9.17, 15) is 9.59 Å². The molecule has 0 fully saturated rings. The molecular formula is C22H30N4O2. The molecule has 0 aromatic carbocycles. The molecule has 150 valence electrons. The Morgan fingerprint density at radius 3 is 2.75 bits per heavy atom. The lowest BCUT2D eigenvalue weighted by atomic mass is 9.75. The van der Waals surface area contributed by atoms with Gasteiger partial charge in [0.25, 0.3) is 0 Å². The van der Waals surface area contributed by atoms with Crippen molar-refractivity contribution >= 4 is 11.7 Å². The summed E-state index contributed by atoms with van der Waals surface area (Å²) in [6.45, 7) is 9.86. The standard InChI is InChI=1S/C22H30N4O2/c1-5-10-26-15(2)17(21-18(26)12-22(3,4)13-19(21)27)11-20(28)25-7-6-16-14-23-8-9-24-16/h8-9,14H,5-7,10-13H2,1-4H3,(H,25,28). The zero-order chi connectivity index (χ0) is 20.3. The van der Waals surface area contributed by atoms with Crippen LogP contribution in [0.15, 0.2) is 18.6 Å². The zero-order valence-corrected chi connectivity index (χ0v) is 17.3. The number of aromatic nitrogens is 3. The minimum absolute atomic E-state index is 0.0311. The molecular weight excluding hydrogens is 352 g/mol. The Labute approximate surface area is 166 Å². The molecule has 1 N–H and O–H groups in total. The zero-order valence-electron chi connectivity index (χ0n) is 17.3. The highest BCUT2D eigenvalue weighted by molar-refractivity contribution is 6.01. The van der Waals surface area contributed by atoms with E-state index in [-0.39, 0.29) is 23.5 Å². The van der Waals surface area contributed by atoms with Crippen molar-refractivity contribution in [2.45, 2.75) is 66.3 Å². The highest BCUT2D eigenvalue weighted by Gasteiger charge is 2.36. The lowest BCUT2D eigenvalue weighted by molar-refractivity contribution is -0.120. The number of Topliss-reactive ketones (excluding diaryl/α,β-unsaturated/α-hetero) is 1. The second kappa shape index (κ2) is 8.25. The molecule has 28 heavy (non-hydrogen) atoms. The fraction of sp³-hybridized carbons (Fsp3) is 0.545. The van der Waals surface area contributed by atoms with Crippen LogP contribution in [-0.4, -0.2) is 32.8 Å². The average molecular weight is 383 g/mol. The van der Waals surface area contributed by atoms with Crippen LogP contribution in [0, 0.1) is 12.3 Å². The third-order valence-electron chi connectivity index (χ3n) is 5.43. The molecule has 0 saturated carbocycles. The van der Waals surface area contributed by atoms with E-state index in [0.29, 0.717) is 19.4 Å². The topological polar surface area (TPSA) is 76.9 Å². The van der Waals surface area contributed by atoms with Crippen molar-refractivity contribution < 1.29 is 9.59 Å². The van der Waals surface area contributed by atoms with Gasteiger partial charge >= 0.3 is 0 Å². The van der Waals surface area contributed by atoms with Gasteiger partial charge in [-0.25, -0.2) is 0 Å². The second-order valence-electron chi connectivity index (χ2n) is 8.45. The number of hydrogen-bond donors (Lipinski definition) is 1. The molecule has 0 unspecified atom stereocenters. The van der Waals surface area contributed by atoms with Crippen LogP contribution in [0.2, 0.25) is 0 Å². The lowest BCUT2D eigenvalue weighted by Crippen LogP contribution is -2.30. The van der Waals surface area contributed by atoms with Gasteiger partial charge in [0.05, 0.1) is 12.1 Å². The van der Waals surface area contributed by atoms with Crippen LogP contribution in [0.25, 0.3) is 0 Å². The van der Waals surface area contributed by atoms with Crippen molar-refractivity contribution in [2.24, 2.45) is 5.41 Å². The fourth-order valence-corrected chi connectivity index (χ4v) is 4.16. The molecule has 6 heteroatoms. The summed E-state index contributed by atoms with van der Waals surface area (Å²) in [7, 11) is 0. The van der Waals surface area contributed by atoms with E-state index in [1.807, 2.05) is 6.92 Å². The van der Waals surface area contributed by atoms with Crippen molar-refractivity contribution in [3.63, 3.8) is 0 Å². The third kappa shape index (κ3) is 4.32. The van der Waals surface area contributed by atoms with Gasteiger partial charge in [0.15, 0.2) is 5.78 Å². The van der Waals surface area contributed by atoms with E-state index in [2.05, 4.69) is 40.6 Å². The van der Waals surface area contributed by atoms with Gasteiger partial charge in [-0.2, -0.15) is 0 Å². The molecule has 0 spiro atoms. The maximum atomic E-state index is 12.9. The number of ketones is 1. The maximum absolute atomic E-state index is 12.9. The van der Waals surface area contributed by atoms with Crippen LogP contribution in [0.1, 0.15) is 66.6 Å². The number of nitrogens with one attached hydrogen (secondary N) is 1. The highest BCUT2D eigenvalue weighted by Crippen LogP contribution is 2.38. The summed E-state index contributed by atoms with van der Waals surface area (Å²) in [4.78, 5) is 33.7. The van der Waals surface area contributed by atoms with E-state index >= 15 is 0 Å². The summed E-state index contributed by atoms with van der Waals surface area (Å²) in [6.07, 6.45) is 8.29. The van der Waals surface area contributed by atoms with Crippen LogP contribution in [0.5, 0.6) is 0 Å². The molecule has 1 aliphatic carbocycles. The van der Waals surface area contributed by atoms with Crippen molar-refractivity contribution in [2.75, 3.05) is 6.54 Å². The molecule has 0 atom stereocenters. The number of carbonyl (C=O) groups is 2. The number of rotatable bonds is 7. The predicted octanol–water partition coefficient (Wildman–Crippen LogP) is 3.05. The van der Waals surface area contributed by atoms with Crippen LogP contribution < -0.4 is 5.32 Å². The molecule has 2 heterocycles. The number of nitrogens with zero attached hydrogens (tertiary/aromatic N) is 3. The molecule has 0 aliphatic heterocycles. The Kier molecular flexibility index (Phi) is 5.96. The largest absolute Gasteiger partial charge is 0.355 e. The van der Waals surface area contributed by atoms with Gasteiger partial charge < -0.3 is 9.88 Å². The Balaban J connectivity index is 1.76. The van der Waals surface area contributed by atoms with Gasteiger partial charge in [-0.1, -0.05) is 20.8 Å². The van der Waals surface area contributed by atoms with Crippen LogP contribution in [-0.2, 0) is 30.6 Å². The van der Waals surface area contributed by atoms with Gasteiger partial charge in [0, 0.05) is 61.5 Å². The first kappa shape index (κ1) is 20.2. The Morgan fingerprint density at radius 1 is 1.29 bits per heavy atom. The first-order valence-electron chi connectivity index (χ1n) is 10.1. The highest BCUT2D eigenvalue weighted by atomic mass is 16.1. The van der Waals surface area contributed by atoms with Crippen LogP contribution in [0.3, 0.4) is 0 Å². The van der Waals surface area contributed by atoms with E-state index < -0.39 is 0 Å². The summed E-state index contributed by atoms with van der Waals surface area (Å²) >= 11 is 0. The summed E-state index contributed by atoms with van der Waals surface area (Å²) in [5.41, 5.74) is 4.69. The number of carbonyl (C=O) groups excluding carboxylic acids is 2. The molecule has 6 nitrogen and oxygen atoms in total. The summed E-state index contributed by atoms with van der Waals surface area (Å²) in [5, 5.41) is 2.96. The summed E-state index contributed by atoms with van der Waals surface area (Å²) in [6, 6.07) is 0. The Hall–Kier alpha value is -2.50. The quantitative estimate of drug-likeness (QED) is 0.798. The number of hydrogen-bond acceptors (Lipinski definition) is 4. The van der Waals surface area contributed by atoms with Gasteiger partial charge in [-0.15, -0.1) is 0 Å². The molecule has 3 rings (SSSR count). The first-order chi connectivity index (χ1) is 13.3. The van der Waals surface area contributed by atoms with E-state index in [1.165, 1.54) is 0 Å². The van der Waals surface area contributed by atoms with Crippen molar-refractivity contribution in [1.82, 2.24) is 19.9 Å². The van der Waals surface area contributed by atoms with Gasteiger partial charge in [0.1, 0.15) is 0 Å². The van der Waals surface area contributed by atoms with Gasteiger partial charge in [-0.3, -0.25) is 19.6 Å². The minimum Gasteiger partial charge on any atom is -0.355 e. The van der Waals surface area contributed by atoms with Gasteiger partial charge in [-0.05, 0) is 30.7 Å². The van der Waals surface area contributed by atoms with Crippen molar-refractivity contribution in [3.05, 3.63) is 46.8 Å². The number of amides is 1. The molecule has 0 bridgehead atoms. The Morgan fingerprint density at radius 2 is 2.07 bits per heavy atom. The van der Waals surface area contributed by atoms with Crippen molar-refractivity contribution in [3.8, 4) is 0 Å². The molecule has 1 aliphatic rings. The molecule has 1 amide bonds. The normalized spacial score (nSPS) is 15.4. The van der Waals surface area contributed by atoms with E-state index in [0.717, 1.165) is 47.6 Å². The summed E-state index contributed by atoms with van der Waals surface area (Å²) < 4.78 is 2.26. The summed E-state index contributed by atoms with van der Waals surface area (Å²) in [5.74, 6) is 0.118. The molecule has 2 aromatic rings. The van der Waals surface area contributed by atoms with Crippen molar-refractivity contribution in [1.29, 1.82) is 0 Å². The van der Waals surface area contributed by atoms with Gasteiger partial charge in [0.2, 0.25) is 5.91 Å². The second-order valence-corrected chi connectivity index (χ2v) is 8.45. The molecule has 0 radical (unpaired) electrons. The lowest BCUT2D eigenvalue weighted by Gasteiger charge is -2.30. The number of fused-ring (bicyclic) bond motifs is 1. The Bertz CT molecular complexity index is 868. The SMILES string of the molecule is CCCn1c(C)c(CC(=O)NCCc2cnccn2)c2c1CC(C)(C)CC2=O. The van der Waals surface area contributed by atoms with Crippen LogP contribution >= 0.6 is 0 Å². The molecule has 0 saturated heterocycles. The predicted molar refractivity (Wildman–Crippen MR) is 108 cm³/mol. The average Bonchev–Trinajstić information content (AvgIpc) is 2.87. The van der Waals surface area contributed by atoms with E-state index in [4.69, 9.17) is 0 Å². The minimum atomic E-state index is -0.0546. The van der Waals surface area contributed by atoms with Crippen LogP contribution in [0.4, 0.5) is 0 Å².